The molecular formula is C13H20N4O2. The number of piperazine rings is 1. The first-order chi connectivity index (χ1) is 9.20. The molecule has 1 amide bonds. The third-order valence-corrected chi connectivity index (χ3v) is 3.15. The number of anilines is 1. The molecule has 0 unspecified atom stereocenters. The fourth-order valence-electron chi connectivity index (χ4n) is 2.03. The fraction of sp³-hybridized carbons (Fsp3) is 0.538. The van der Waals surface area contributed by atoms with Gasteiger partial charge in [0.1, 0.15) is 5.82 Å². The summed E-state index contributed by atoms with van der Waals surface area (Å²) in [5.74, 6) is 1.43. The van der Waals surface area contributed by atoms with E-state index >= 15 is 0 Å². The maximum atomic E-state index is 12.1. The van der Waals surface area contributed by atoms with Gasteiger partial charge in [-0.05, 0) is 6.07 Å². The average Bonchev–Trinajstić information content (AvgIpc) is 2.48. The van der Waals surface area contributed by atoms with E-state index in [2.05, 4.69) is 10.3 Å². The van der Waals surface area contributed by atoms with Gasteiger partial charge in [-0.25, -0.2) is 0 Å². The second kappa shape index (κ2) is 6.38. The van der Waals surface area contributed by atoms with Crippen LogP contribution in [0, 0.1) is 0 Å². The molecule has 0 saturated carbocycles. The van der Waals surface area contributed by atoms with E-state index < -0.39 is 0 Å². The van der Waals surface area contributed by atoms with Crippen LogP contribution in [-0.2, 0) is 4.79 Å². The van der Waals surface area contributed by atoms with Gasteiger partial charge in [0, 0.05) is 39.3 Å². The van der Waals surface area contributed by atoms with Crippen LogP contribution in [-0.4, -0.2) is 62.7 Å². The second-order valence-corrected chi connectivity index (χ2v) is 4.52. The number of hydrogen-bond donors (Lipinski definition) is 1. The van der Waals surface area contributed by atoms with Crippen LogP contribution in [0.2, 0.25) is 0 Å². The normalized spacial score (nSPS) is 15.2. The smallest absolute Gasteiger partial charge is 0.242 e. The largest absolute Gasteiger partial charge is 0.481 e. The number of hydrogen-bond acceptors (Lipinski definition) is 5. The van der Waals surface area contributed by atoms with Crippen molar-refractivity contribution in [3.8, 4) is 5.88 Å². The van der Waals surface area contributed by atoms with Crippen molar-refractivity contribution in [1.29, 1.82) is 0 Å². The predicted octanol–water partition coefficient (Wildman–Crippen LogP) is -0.0418. The molecule has 0 bridgehead atoms. The quantitative estimate of drug-likeness (QED) is 0.827. The average molecular weight is 264 g/mol. The lowest BCUT2D eigenvalue weighted by Crippen LogP contribution is -2.49. The van der Waals surface area contributed by atoms with Crippen molar-refractivity contribution in [3.05, 3.63) is 18.2 Å². The second-order valence-electron chi connectivity index (χ2n) is 4.52. The molecule has 1 saturated heterocycles. The van der Waals surface area contributed by atoms with Gasteiger partial charge >= 0.3 is 0 Å². The highest BCUT2D eigenvalue weighted by Crippen LogP contribution is 2.14. The van der Waals surface area contributed by atoms with Crippen molar-refractivity contribution in [2.75, 3.05) is 51.8 Å². The van der Waals surface area contributed by atoms with Gasteiger partial charge in [0.25, 0.3) is 0 Å². The summed E-state index contributed by atoms with van der Waals surface area (Å²) in [5.41, 5.74) is 0. The molecule has 1 N–H and O–H groups in total. The van der Waals surface area contributed by atoms with E-state index in [1.54, 1.807) is 13.2 Å². The number of nitrogens with zero attached hydrogens (tertiary/aromatic N) is 3. The Morgan fingerprint density at radius 1 is 1.47 bits per heavy atom. The molecule has 2 heterocycles. The molecule has 6 heteroatoms. The van der Waals surface area contributed by atoms with Crippen LogP contribution >= 0.6 is 0 Å². The molecule has 6 nitrogen and oxygen atoms in total. The number of carbonyl (C=O) groups excluding carboxylic acids is 1. The van der Waals surface area contributed by atoms with Crippen LogP contribution in [0.1, 0.15) is 0 Å². The first kappa shape index (κ1) is 13.6. The molecule has 0 radical (unpaired) electrons. The summed E-state index contributed by atoms with van der Waals surface area (Å²) in [4.78, 5) is 20.2. The Labute approximate surface area is 113 Å². The molecule has 1 aliphatic heterocycles. The molecule has 1 fully saturated rings. The standard InChI is InChI=1S/C13H20N4O2/c1-16(11-4-3-5-12(15-11)19-2)10-13(18)17-8-6-14-7-9-17/h3-5,14H,6-10H2,1-2H3. The number of aromatic nitrogens is 1. The third kappa shape index (κ3) is 3.57. The third-order valence-electron chi connectivity index (χ3n) is 3.15. The van der Waals surface area contributed by atoms with Gasteiger partial charge in [0.2, 0.25) is 11.8 Å². The van der Waals surface area contributed by atoms with Gasteiger partial charge in [0.05, 0.1) is 13.7 Å². The van der Waals surface area contributed by atoms with E-state index in [4.69, 9.17) is 4.74 Å². The summed E-state index contributed by atoms with van der Waals surface area (Å²) in [6.07, 6.45) is 0. The Balaban J connectivity index is 1.95. The van der Waals surface area contributed by atoms with E-state index in [9.17, 15) is 4.79 Å². The minimum absolute atomic E-state index is 0.133. The molecule has 1 aliphatic rings. The number of pyridine rings is 1. The van der Waals surface area contributed by atoms with Crippen molar-refractivity contribution < 1.29 is 9.53 Å². The van der Waals surface area contributed by atoms with Gasteiger partial charge in [0.15, 0.2) is 0 Å². The summed E-state index contributed by atoms with van der Waals surface area (Å²) in [7, 11) is 3.44. The van der Waals surface area contributed by atoms with E-state index in [-0.39, 0.29) is 5.91 Å². The topological polar surface area (TPSA) is 57.7 Å². The molecule has 0 aromatic carbocycles. The molecule has 0 aliphatic carbocycles. The van der Waals surface area contributed by atoms with Gasteiger partial charge in [-0.15, -0.1) is 0 Å². The Hall–Kier alpha value is -1.82. The van der Waals surface area contributed by atoms with Crippen LogP contribution < -0.4 is 15.0 Å². The Bertz CT molecular complexity index is 432. The van der Waals surface area contributed by atoms with Gasteiger partial charge in [-0.1, -0.05) is 6.07 Å². The zero-order valence-electron chi connectivity index (χ0n) is 11.4. The highest BCUT2D eigenvalue weighted by molar-refractivity contribution is 5.81. The van der Waals surface area contributed by atoms with Crippen molar-refractivity contribution in [2.24, 2.45) is 0 Å². The van der Waals surface area contributed by atoms with Crippen LogP contribution in [0.25, 0.3) is 0 Å². The number of nitrogens with one attached hydrogen (secondary N) is 1. The van der Waals surface area contributed by atoms with Gasteiger partial charge < -0.3 is 19.9 Å². The summed E-state index contributed by atoms with van der Waals surface area (Å²) in [5, 5.41) is 3.23. The summed E-state index contributed by atoms with van der Waals surface area (Å²) in [6, 6.07) is 5.52. The van der Waals surface area contributed by atoms with Gasteiger partial charge in [-0.2, -0.15) is 4.98 Å². The first-order valence-corrected chi connectivity index (χ1v) is 6.41. The number of rotatable bonds is 4. The molecule has 0 atom stereocenters. The van der Waals surface area contributed by atoms with Crippen LogP contribution in [0.5, 0.6) is 5.88 Å². The highest BCUT2D eigenvalue weighted by Gasteiger charge is 2.18. The zero-order valence-corrected chi connectivity index (χ0v) is 11.4. The van der Waals surface area contributed by atoms with Crippen molar-refractivity contribution >= 4 is 11.7 Å². The fourth-order valence-corrected chi connectivity index (χ4v) is 2.03. The molecule has 1 aromatic heterocycles. The summed E-state index contributed by atoms with van der Waals surface area (Å²) >= 11 is 0. The summed E-state index contributed by atoms with van der Waals surface area (Å²) < 4.78 is 5.08. The lowest BCUT2D eigenvalue weighted by Gasteiger charge is -2.29. The van der Waals surface area contributed by atoms with Crippen molar-refractivity contribution in [3.63, 3.8) is 0 Å². The predicted molar refractivity (Wildman–Crippen MR) is 73.5 cm³/mol. The molecule has 1 aromatic rings. The lowest BCUT2D eigenvalue weighted by atomic mass is 10.3. The maximum absolute atomic E-state index is 12.1. The maximum Gasteiger partial charge on any atom is 0.242 e. The Kier molecular flexibility index (Phi) is 4.57. The molecule has 19 heavy (non-hydrogen) atoms. The van der Waals surface area contributed by atoms with Crippen molar-refractivity contribution in [2.45, 2.75) is 0 Å². The van der Waals surface area contributed by atoms with Crippen molar-refractivity contribution in [1.82, 2.24) is 15.2 Å². The molecule has 104 valence electrons. The first-order valence-electron chi connectivity index (χ1n) is 6.41. The Morgan fingerprint density at radius 2 is 2.21 bits per heavy atom. The van der Waals surface area contributed by atoms with E-state index in [1.807, 2.05) is 29.0 Å². The number of carbonyl (C=O) groups is 1. The van der Waals surface area contributed by atoms with Gasteiger partial charge in [-0.3, -0.25) is 4.79 Å². The van der Waals surface area contributed by atoms with E-state index in [0.29, 0.717) is 12.4 Å². The highest BCUT2D eigenvalue weighted by atomic mass is 16.5. The lowest BCUT2D eigenvalue weighted by molar-refractivity contribution is -0.130. The number of likely N-dealkylation sites (N-methyl/N-ethyl adjacent to an activating group) is 1. The van der Waals surface area contributed by atoms with E-state index in [0.717, 1.165) is 32.0 Å². The monoisotopic (exact) mass is 264 g/mol. The van der Waals surface area contributed by atoms with Crippen LogP contribution in [0.4, 0.5) is 5.82 Å². The minimum Gasteiger partial charge on any atom is -0.481 e. The van der Waals surface area contributed by atoms with E-state index in [1.165, 1.54) is 0 Å². The number of ether oxygens (including phenoxy) is 1. The summed E-state index contributed by atoms with van der Waals surface area (Å²) in [6.45, 7) is 3.62. The van der Waals surface area contributed by atoms with Crippen LogP contribution in [0.3, 0.4) is 0 Å². The Morgan fingerprint density at radius 3 is 2.89 bits per heavy atom. The molecule has 0 spiro atoms. The SMILES string of the molecule is COc1cccc(N(C)CC(=O)N2CCNCC2)n1. The number of methoxy groups -OCH3 is 1. The zero-order chi connectivity index (χ0) is 13.7. The molecule has 2 rings (SSSR count). The van der Waals surface area contributed by atoms with Crippen LogP contribution in [0.15, 0.2) is 18.2 Å². The molecular weight excluding hydrogens is 244 g/mol. The minimum atomic E-state index is 0.133. The number of amides is 1.